The van der Waals surface area contributed by atoms with Gasteiger partial charge in [0.15, 0.2) is 12.2 Å². The lowest BCUT2D eigenvalue weighted by atomic mass is 9.99. The fraction of sp³-hybridized carbons (Fsp3) is 0.951. The maximum atomic E-state index is 13.1. The number of carbonyl (C=O) groups is 4. The fourth-order valence-corrected chi connectivity index (χ4v) is 14.0. The minimum Gasteiger partial charge on any atom is -0.462 e. The highest BCUT2D eigenvalue weighted by molar-refractivity contribution is 7.47. The molecule has 0 aromatic carbocycles. The van der Waals surface area contributed by atoms with Crippen molar-refractivity contribution in [2.75, 3.05) is 39.6 Å². The summed E-state index contributed by atoms with van der Waals surface area (Å²) in [5, 5.41) is 10.6. The summed E-state index contributed by atoms with van der Waals surface area (Å²) in [7, 11) is -9.92. The Hall–Kier alpha value is -1.94. The molecule has 6 atom stereocenters. The third kappa shape index (κ3) is 73.0. The van der Waals surface area contributed by atoms with Crippen LogP contribution in [-0.4, -0.2) is 96.7 Å². The lowest BCUT2D eigenvalue weighted by Crippen LogP contribution is -2.30. The molecule has 0 aromatic rings. The molecule has 0 bridgehead atoms. The van der Waals surface area contributed by atoms with E-state index in [2.05, 4.69) is 48.5 Å². The standard InChI is InChI=1S/C81H158O17P2/c1-8-10-11-12-13-41-48-55-62-78(83)91-68-76(97-81(86)65-58-51-44-37-31-30-33-39-46-53-60-73(5)6)70-95-99(87,88)93-66-75(82)67-94-100(89,90)96-71-77(69-92-79(84)63-56-49-42-35-28-24-21-20-23-27-34-40-47-54-61-74(7)9-2)98-80(85)64-57-50-43-36-29-25-19-17-15-14-16-18-22-26-32-38-45-52-59-72(3)4/h72-77,82H,8-71H2,1-7H3,(H,87,88)(H,89,90)/t74?,75-,76+,77+/m0/s1. The number of aliphatic hydroxyl groups excluding tert-OH is 1. The molecule has 594 valence electrons. The molecule has 0 heterocycles. The van der Waals surface area contributed by atoms with Crippen LogP contribution >= 0.6 is 15.6 Å². The van der Waals surface area contributed by atoms with Gasteiger partial charge in [0, 0.05) is 25.7 Å². The van der Waals surface area contributed by atoms with Gasteiger partial charge in [-0.25, -0.2) is 9.13 Å². The summed E-state index contributed by atoms with van der Waals surface area (Å²) in [6, 6.07) is 0. The summed E-state index contributed by atoms with van der Waals surface area (Å²) in [5.41, 5.74) is 0. The number of unbranched alkanes of at least 4 members (excludes halogenated alkanes) is 46. The number of rotatable bonds is 79. The second-order valence-corrected chi connectivity index (χ2v) is 33.3. The van der Waals surface area contributed by atoms with E-state index in [1.165, 1.54) is 225 Å². The van der Waals surface area contributed by atoms with Crippen molar-refractivity contribution in [1.29, 1.82) is 0 Å². The molecule has 100 heavy (non-hydrogen) atoms. The van der Waals surface area contributed by atoms with Crippen molar-refractivity contribution in [3.8, 4) is 0 Å². The van der Waals surface area contributed by atoms with Crippen molar-refractivity contribution < 1.29 is 80.2 Å². The van der Waals surface area contributed by atoms with Gasteiger partial charge in [-0.1, -0.05) is 370 Å². The van der Waals surface area contributed by atoms with Gasteiger partial charge < -0.3 is 33.8 Å². The highest BCUT2D eigenvalue weighted by Gasteiger charge is 2.30. The fourth-order valence-electron chi connectivity index (χ4n) is 12.5. The van der Waals surface area contributed by atoms with Crippen LogP contribution < -0.4 is 0 Å². The predicted octanol–water partition coefficient (Wildman–Crippen LogP) is 24.1. The first-order chi connectivity index (χ1) is 48.3. The molecular formula is C81H158O17P2. The molecule has 3 N–H and O–H groups in total. The quantitative estimate of drug-likeness (QED) is 0.0222. The van der Waals surface area contributed by atoms with Crippen molar-refractivity contribution in [2.24, 2.45) is 17.8 Å². The van der Waals surface area contributed by atoms with Gasteiger partial charge in [0.1, 0.15) is 19.3 Å². The van der Waals surface area contributed by atoms with Gasteiger partial charge in [0.2, 0.25) is 0 Å². The van der Waals surface area contributed by atoms with Crippen LogP contribution in [0.25, 0.3) is 0 Å². The highest BCUT2D eigenvalue weighted by Crippen LogP contribution is 2.45. The minimum atomic E-state index is -4.96. The lowest BCUT2D eigenvalue weighted by molar-refractivity contribution is -0.161. The molecule has 0 fully saturated rings. The van der Waals surface area contributed by atoms with Crippen LogP contribution in [0, 0.1) is 17.8 Å². The zero-order valence-corrected chi connectivity index (χ0v) is 67.5. The first kappa shape index (κ1) is 98.1. The van der Waals surface area contributed by atoms with E-state index >= 15 is 0 Å². The average molecular weight is 1470 g/mol. The zero-order chi connectivity index (χ0) is 73.7. The molecule has 0 aliphatic rings. The minimum absolute atomic E-state index is 0.106. The van der Waals surface area contributed by atoms with E-state index in [0.29, 0.717) is 25.7 Å². The van der Waals surface area contributed by atoms with Crippen LogP contribution in [0.3, 0.4) is 0 Å². The van der Waals surface area contributed by atoms with Crippen LogP contribution in [-0.2, 0) is 65.4 Å². The molecular weight excluding hydrogens is 1310 g/mol. The molecule has 0 spiro atoms. The average Bonchev–Trinajstić information content (AvgIpc) is 0.925. The largest absolute Gasteiger partial charge is 0.472 e. The van der Waals surface area contributed by atoms with E-state index in [4.69, 9.17) is 37.0 Å². The molecule has 0 aromatic heterocycles. The summed E-state index contributed by atoms with van der Waals surface area (Å²) >= 11 is 0. The van der Waals surface area contributed by atoms with Gasteiger partial charge >= 0.3 is 39.5 Å². The van der Waals surface area contributed by atoms with Crippen LogP contribution in [0.15, 0.2) is 0 Å². The molecule has 0 rings (SSSR count). The van der Waals surface area contributed by atoms with Crippen LogP contribution in [0.4, 0.5) is 0 Å². The maximum absolute atomic E-state index is 13.1. The van der Waals surface area contributed by atoms with E-state index in [1.54, 1.807) is 0 Å². The van der Waals surface area contributed by atoms with Gasteiger partial charge in [-0.05, 0) is 43.4 Å². The number of hydrogen-bond donors (Lipinski definition) is 3. The number of hydrogen-bond acceptors (Lipinski definition) is 15. The van der Waals surface area contributed by atoms with E-state index in [0.717, 1.165) is 114 Å². The molecule has 0 amide bonds. The number of ether oxygens (including phenoxy) is 4. The number of phosphoric acid groups is 2. The summed E-state index contributed by atoms with van der Waals surface area (Å²) in [5.74, 6) is 0.309. The Labute approximate surface area is 613 Å². The van der Waals surface area contributed by atoms with Gasteiger partial charge in [-0.15, -0.1) is 0 Å². The van der Waals surface area contributed by atoms with Crippen LogP contribution in [0.2, 0.25) is 0 Å². The number of esters is 4. The second kappa shape index (κ2) is 71.3. The van der Waals surface area contributed by atoms with Crippen molar-refractivity contribution in [2.45, 2.75) is 439 Å². The van der Waals surface area contributed by atoms with E-state index in [1.807, 2.05) is 0 Å². The summed E-state index contributed by atoms with van der Waals surface area (Å²) in [6.07, 6.45) is 59.7. The highest BCUT2D eigenvalue weighted by atomic mass is 31.2. The second-order valence-electron chi connectivity index (χ2n) is 30.4. The van der Waals surface area contributed by atoms with Crippen molar-refractivity contribution in [3.05, 3.63) is 0 Å². The molecule has 0 radical (unpaired) electrons. The van der Waals surface area contributed by atoms with Crippen LogP contribution in [0.1, 0.15) is 421 Å². The monoisotopic (exact) mass is 1470 g/mol. The van der Waals surface area contributed by atoms with E-state index < -0.39 is 97.5 Å². The molecule has 0 aliphatic carbocycles. The first-order valence-corrected chi connectivity index (χ1v) is 44.9. The normalized spacial score (nSPS) is 14.2. The summed E-state index contributed by atoms with van der Waals surface area (Å²) < 4.78 is 68.6. The van der Waals surface area contributed by atoms with Crippen molar-refractivity contribution >= 4 is 39.5 Å². The van der Waals surface area contributed by atoms with Gasteiger partial charge in [0.05, 0.1) is 26.4 Å². The maximum Gasteiger partial charge on any atom is 0.472 e. The van der Waals surface area contributed by atoms with Gasteiger partial charge in [-0.2, -0.15) is 0 Å². The molecule has 17 nitrogen and oxygen atoms in total. The number of aliphatic hydroxyl groups is 1. The summed E-state index contributed by atoms with van der Waals surface area (Å²) in [4.78, 5) is 72.9. The topological polar surface area (TPSA) is 237 Å². The first-order valence-electron chi connectivity index (χ1n) is 41.9. The van der Waals surface area contributed by atoms with Gasteiger partial charge in [0.25, 0.3) is 0 Å². The number of phosphoric ester groups is 2. The Morgan fingerprint density at radius 3 is 0.760 bits per heavy atom. The third-order valence-electron chi connectivity index (χ3n) is 19.2. The third-order valence-corrected chi connectivity index (χ3v) is 21.1. The Balaban J connectivity index is 5.19. The lowest BCUT2D eigenvalue weighted by Gasteiger charge is -2.21. The SMILES string of the molecule is CCCCCCCCCCC(=O)OC[C@H](COP(=O)(O)OC[C@H](O)COP(=O)(O)OC[C@@H](COC(=O)CCCCCCCCCCCCCCCCC(C)CC)OC(=O)CCCCCCCCCCCCCCCCCCCCC(C)C)OC(=O)CCCCCCCCCCCCC(C)C. The zero-order valence-electron chi connectivity index (χ0n) is 65.7. The molecule has 0 saturated heterocycles. The van der Waals surface area contributed by atoms with Gasteiger partial charge in [-0.3, -0.25) is 37.3 Å². The van der Waals surface area contributed by atoms with E-state index in [-0.39, 0.29) is 25.7 Å². The van der Waals surface area contributed by atoms with E-state index in [9.17, 15) is 43.2 Å². The predicted molar refractivity (Wildman–Crippen MR) is 409 cm³/mol. The van der Waals surface area contributed by atoms with Crippen molar-refractivity contribution in [1.82, 2.24) is 0 Å². The smallest absolute Gasteiger partial charge is 0.462 e. The molecule has 0 saturated carbocycles. The molecule has 19 heteroatoms. The van der Waals surface area contributed by atoms with Crippen molar-refractivity contribution in [3.63, 3.8) is 0 Å². The van der Waals surface area contributed by atoms with Crippen LogP contribution in [0.5, 0.6) is 0 Å². The Bertz CT molecular complexity index is 1940. The number of carbonyl (C=O) groups excluding carboxylic acids is 4. The Kier molecular flexibility index (Phi) is 69.9. The summed E-state index contributed by atoms with van der Waals surface area (Å²) in [6.45, 7) is 12.0. The molecule has 0 aliphatic heterocycles. The Morgan fingerprint density at radius 1 is 0.290 bits per heavy atom. The molecule has 3 unspecified atom stereocenters. The Morgan fingerprint density at radius 2 is 0.510 bits per heavy atom.